The van der Waals surface area contributed by atoms with E-state index in [1.54, 1.807) is 25.1 Å². The van der Waals surface area contributed by atoms with Crippen molar-refractivity contribution in [3.8, 4) is 11.5 Å². The van der Waals surface area contributed by atoms with Crippen LogP contribution in [-0.2, 0) is 9.59 Å². The van der Waals surface area contributed by atoms with E-state index in [1.165, 1.54) is 0 Å². The van der Waals surface area contributed by atoms with Gasteiger partial charge in [0.15, 0.2) is 12.7 Å². The molecule has 0 bridgehead atoms. The van der Waals surface area contributed by atoms with Crippen LogP contribution in [0.5, 0.6) is 11.5 Å². The number of hydrogen-bond donors (Lipinski definition) is 2. The highest BCUT2D eigenvalue weighted by Gasteiger charge is 2.23. The predicted molar refractivity (Wildman–Crippen MR) is 103 cm³/mol. The van der Waals surface area contributed by atoms with E-state index < -0.39 is 6.10 Å². The first-order valence-corrected chi connectivity index (χ1v) is 8.61. The molecule has 0 fully saturated rings. The maximum atomic E-state index is 12.2. The maximum Gasteiger partial charge on any atom is 0.265 e. The number of hydrogen-bond acceptors (Lipinski definition) is 4. The summed E-state index contributed by atoms with van der Waals surface area (Å²) in [4.78, 5) is 23.9. The molecule has 0 aliphatic carbocycles. The van der Waals surface area contributed by atoms with Gasteiger partial charge in [0.05, 0.1) is 5.69 Å². The third kappa shape index (κ3) is 3.69. The van der Waals surface area contributed by atoms with Crippen LogP contribution in [0.15, 0.2) is 60.7 Å². The van der Waals surface area contributed by atoms with Crippen molar-refractivity contribution in [1.29, 1.82) is 0 Å². The normalized spacial score (nSPS) is 15.4. The zero-order chi connectivity index (χ0) is 18.8. The molecule has 0 saturated carbocycles. The molecular formula is C21H18N2O4. The molecule has 2 N–H and O–H groups in total. The van der Waals surface area contributed by atoms with Crippen molar-refractivity contribution in [3.63, 3.8) is 0 Å². The quantitative estimate of drug-likeness (QED) is 0.744. The lowest BCUT2D eigenvalue weighted by atomic mass is 10.1. The van der Waals surface area contributed by atoms with Gasteiger partial charge in [0.25, 0.3) is 11.8 Å². The van der Waals surface area contributed by atoms with Crippen LogP contribution in [-0.4, -0.2) is 24.5 Å². The van der Waals surface area contributed by atoms with Crippen molar-refractivity contribution in [2.24, 2.45) is 0 Å². The second-order valence-electron chi connectivity index (χ2n) is 6.31. The van der Waals surface area contributed by atoms with Gasteiger partial charge >= 0.3 is 0 Å². The van der Waals surface area contributed by atoms with Crippen molar-refractivity contribution in [1.82, 2.24) is 0 Å². The number of ether oxygens (including phenoxy) is 2. The van der Waals surface area contributed by atoms with Gasteiger partial charge in [-0.3, -0.25) is 9.59 Å². The van der Waals surface area contributed by atoms with Gasteiger partial charge in [0, 0.05) is 5.69 Å². The Balaban J connectivity index is 1.39. The number of amides is 2. The average Bonchev–Trinajstić information content (AvgIpc) is 2.67. The molecule has 1 aliphatic rings. The Morgan fingerprint density at radius 3 is 2.78 bits per heavy atom. The highest BCUT2D eigenvalue weighted by Crippen LogP contribution is 2.32. The van der Waals surface area contributed by atoms with E-state index in [1.807, 2.05) is 42.5 Å². The van der Waals surface area contributed by atoms with E-state index in [-0.39, 0.29) is 18.4 Å². The Kier molecular flexibility index (Phi) is 4.38. The van der Waals surface area contributed by atoms with Crippen molar-refractivity contribution in [2.45, 2.75) is 13.0 Å². The third-order valence-corrected chi connectivity index (χ3v) is 4.29. The molecule has 6 nitrogen and oxygen atoms in total. The molecule has 4 rings (SSSR count). The summed E-state index contributed by atoms with van der Waals surface area (Å²) in [5.41, 5.74) is 1.09. The van der Waals surface area contributed by atoms with Crippen LogP contribution in [0, 0.1) is 0 Å². The molecule has 2 amide bonds. The molecule has 3 aromatic carbocycles. The van der Waals surface area contributed by atoms with Crippen LogP contribution >= 0.6 is 0 Å². The van der Waals surface area contributed by atoms with Crippen molar-refractivity contribution in [2.75, 3.05) is 17.2 Å². The minimum atomic E-state index is -0.534. The number of benzene rings is 3. The van der Waals surface area contributed by atoms with Crippen LogP contribution in [0.4, 0.5) is 11.4 Å². The molecule has 3 aromatic rings. The van der Waals surface area contributed by atoms with E-state index >= 15 is 0 Å². The number of carbonyl (C=O) groups excluding carboxylic acids is 2. The summed E-state index contributed by atoms with van der Waals surface area (Å²) in [5, 5.41) is 7.67. The third-order valence-electron chi connectivity index (χ3n) is 4.29. The number of rotatable bonds is 4. The van der Waals surface area contributed by atoms with Crippen LogP contribution in [0.25, 0.3) is 10.8 Å². The van der Waals surface area contributed by atoms with E-state index in [2.05, 4.69) is 10.6 Å². The molecule has 27 heavy (non-hydrogen) atoms. The van der Waals surface area contributed by atoms with E-state index in [0.29, 0.717) is 22.9 Å². The molecule has 0 saturated heterocycles. The fourth-order valence-corrected chi connectivity index (χ4v) is 2.89. The Labute approximate surface area is 156 Å². The first-order valence-electron chi connectivity index (χ1n) is 8.61. The molecule has 1 atom stereocenters. The standard InChI is InChI=1S/C21H18N2O4/c1-13-21(25)23-18-11-16(7-9-19(18)27-13)22-20(24)12-26-17-8-6-14-4-2-3-5-15(14)10-17/h2-11,13H,12H2,1H3,(H,22,24)(H,23,25)/t13-/m0/s1. The van der Waals surface area contributed by atoms with E-state index in [4.69, 9.17) is 9.47 Å². The van der Waals surface area contributed by atoms with E-state index in [0.717, 1.165) is 10.8 Å². The molecule has 136 valence electrons. The summed E-state index contributed by atoms with van der Waals surface area (Å²) >= 11 is 0. The topological polar surface area (TPSA) is 76.7 Å². The Morgan fingerprint density at radius 1 is 1.11 bits per heavy atom. The van der Waals surface area contributed by atoms with E-state index in [9.17, 15) is 9.59 Å². The summed E-state index contributed by atoms with van der Waals surface area (Å²) in [6.45, 7) is 1.56. The second-order valence-corrected chi connectivity index (χ2v) is 6.31. The minimum absolute atomic E-state index is 0.116. The van der Waals surface area contributed by atoms with Crippen molar-refractivity contribution >= 4 is 34.0 Å². The van der Waals surface area contributed by atoms with Crippen LogP contribution in [0.2, 0.25) is 0 Å². The Morgan fingerprint density at radius 2 is 1.93 bits per heavy atom. The van der Waals surface area contributed by atoms with Gasteiger partial charge in [-0.15, -0.1) is 0 Å². The fourth-order valence-electron chi connectivity index (χ4n) is 2.89. The van der Waals surface area contributed by atoms with Gasteiger partial charge in [-0.1, -0.05) is 30.3 Å². The molecule has 0 radical (unpaired) electrons. The van der Waals surface area contributed by atoms with Crippen LogP contribution in [0.3, 0.4) is 0 Å². The number of anilines is 2. The predicted octanol–water partition coefficient (Wildman–Crippen LogP) is 3.58. The lowest BCUT2D eigenvalue weighted by molar-refractivity contribution is -0.122. The van der Waals surface area contributed by atoms with Gasteiger partial charge in [0.2, 0.25) is 0 Å². The van der Waals surface area contributed by atoms with Crippen molar-refractivity contribution in [3.05, 3.63) is 60.7 Å². The average molecular weight is 362 g/mol. The summed E-state index contributed by atoms with van der Waals surface area (Å²) in [6, 6.07) is 18.7. The SMILES string of the molecule is C[C@@H]1Oc2ccc(NC(=O)COc3ccc4ccccc4c3)cc2NC1=O. The fraction of sp³-hybridized carbons (Fsp3) is 0.143. The Bertz CT molecular complexity index is 1030. The molecule has 1 heterocycles. The smallest absolute Gasteiger partial charge is 0.265 e. The number of carbonyl (C=O) groups is 2. The van der Waals surface area contributed by atoms with Crippen molar-refractivity contribution < 1.29 is 19.1 Å². The van der Waals surface area contributed by atoms with Gasteiger partial charge < -0.3 is 20.1 Å². The summed E-state index contributed by atoms with van der Waals surface area (Å²) in [6.07, 6.45) is -0.534. The first kappa shape index (κ1) is 16.9. The highest BCUT2D eigenvalue weighted by atomic mass is 16.5. The van der Waals surface area contributed by atoms with Crippen LogP contribution in [0.1, 0.15) is 6.92 Å². The van der Waals surface area contributed by atoms with Gasteiger partial charge in [-0.25, -0.2) is 0 Å². The Hall–Kier alpha value is -3.54. The maximum absolute atomic E-state index is 12.2. The first-order chi connectivity index (χ1) is 13.1. The summed E-state index contributed by atoms with van der Waals surface area (Å²) < 4.78 is 11.1. The molecule has 6 heteroatoms. The minimum Gasteiger partial charge on any atom is -0.484 e. The van der Waals surface area contributed by atoms with Gasteiger partial charge in [-0.05, 0) is 48.0 Å². The highest BCUT2D eigenvalue weighted by molar-refractivity contribution is 5.99. The molecule has 0 aromatic heterocycles. The monoisotopic (exact) mass is 362 g/mol. The molecule has 1 aliphatic heterocycles. The molecule has 0 spiro atoms. The van der Waals surface area contributed by atoms with Gasteiger partial charge in [-0.2, -0.15) is 0 Å². The lowest BCUT2D eigenvalue weighted by Gasteiger charge is -2.23. The largest absolute Gasteiger partial charge is 0.484 e. The zero-order valence-electron chi connectivity index (χ0n) is 14.7. The summed E-state index contributed by atoms with van der Waals surface area (Å²) in [5.74, 6) is 0.696. The van der Waals surface area contributed by atoms with Gasteiger partial charge in [0.1, 0.15) is 11.5 Å². The second kappa shape index (κ2) is 6.99. The number of fused-ring (bicyclic) bond motifs is 2. The molecular weight excluding hydrogens is 344 g/mol. The number of nitrogens with one attached hydrogen (secondary N) is 2. The summed E-state index contributed by atoms with van der Waals surface area (Å²) in [7, 11) is 0. The molecule has 0 unspecified atom stereocenters. The zero-order valence-corrected chi connectivity index (χ0v) is 14.7. The lowest BCUT2D eigenvalue weighted by Crippen LogP contribution is -2.34. The van der Waals surface area contributed by atoms with Crippen LogP contribution < -0.4 is 20.1 Å².